The molecule has 0 aliphatic carbocycles. The molecule has 0 spiro atoms. The minimum absolute atomic E-state index is 0.0606. The lowest BCUT2D eigenvalue weighted by atomic mass is 10.1. The topological polar surface area (TPSA) is 78.5 Å². The number of ether oxygens (including phenoxy) is 1. The second-order valence-corrected chi connectivity index (χ2v) is 6.08. The van der Waals surface area contributed by atoms with E-state index in [9.17, 15) is 14.7 Å². The van der Waals surface area contributed by atoms with Crippen molar-refractivity contribution in [3.63, 3.8) is 0 Å². The summed E-state index contributed by atoms with van der Waals surface area (Å²) < 4.78 is 5.47. The molecule has 0 radical (unpaired) electrons. The van der Waals surface area contributed by atoms with Crippen molar-refractivity contribution >= 4 is 35.3 Å². The van der Waals surface area contributed by atoms with E-state index in [-0.39, 0.29) is 11.6 Å². The van der Waals surface area contributed by atoms with Gasteiger partial charge in [0.1, 0.15) is 5.57 Å². The maximum Gasteiger partial charge on any atom is 0.235 e. The molecule has 126 valence electrons. The molecule has 3 rings (SSSR count). The number of thioether (sulfide) groups is 1. The summed E-state index contributed by atoms with van der Waals surface area (Å²) in [6, 6.07) is 16.3. The lowest BCUT2D eigenvalue weighted by Gasteiger charge is -2.09. The third-order valence-corrected chi connectivity index (χ3v) is 4.28. The Hall–Kier alpha value is -2.99. The van der Waals surface area contributed by atoms with Gasteiger partial charge < -0.3 is 20.0 Å². The second-order valence-electron chi connectivity index (χ2n) is 5.20. The van der Waals surface area contributed by atoms with Gasteiger partial charge in [0.2, 0.25) is 11.7 Å². The lowest BCUT2D eigenvalue weighted by molar-refractivity contribution is -0.298. The number of benzene rings is 2. The molecule has 1 aliphatic rings. The highest BCUT2D eigenvalue weighted by molar-refractivity contribution is 7.98. The molecule has 1 heterocycles. The molecule has 0 unspecified atom stereocenters. The van der Waals surface area contributed by atoms with Crippen LogP contribution in [0.1, 0.15) is 5.56 Å². The number of anilines is 1. The van der Waals surface area contributed by atoms with Gasteiger partial charge in [0.05, 0.1) is 5.97 Å². The standard InChI is InChI=1S/C19H15NO4S/c1-25-14-9-7-12(8-10-14)11-15-17(21)16(19(22)23)18(24-15)20-13-5-3-2-4-6-13/h2-11,20H,1H3,(H,22,23)/p-1/b15-11-. The van der Waals surface area contributed by atoms with Gasteiger partial charge in [-0.2, -0.15) is 0 Å². The van der Waals surface area contributed by atoms with E-state index in [1.807, 2.05) is 36.6 Å². The fourth-order valence-electron chi connectivity index (χ4n) is 2.31. The van der Waals surface area contributed by atoms with Crippen molar-refractivity contribution in [2.45, 2.75) is 4.90 Å². The van der Waals surface area contributed by atoms with Crippen molar-refractivity contribution in [1.82, 2.24) is 0 Å². The van der Waals surface area contributed by atoms with Gasteiger partial charge in [-0.15, -0.1) is 11.8 Å². The van der Waals surface area contributed by atoms with Crippen molar-refractivity contribution in [2.75, 3.05) is 11.6 Å². The Bertz CT molecular complexity index is 870. The molecule has 6 heteroatoms. The van der Waals surface area contributed by atoms with Crippen LogP contribution in [0.2, 0.25) is 0 Å². The highest BCUT2D eigenvalue weighted by Gasteiger charge is 2.31. The van der Waals surface area contributed by atoms with Gasteiger partial charge in [0, 0.05) is 10.6 Å². The molecular weight excluding hydrogens is 338 g/mol. The number of hydrogen-bond acceptors (Lipinski definition) is 6. The molecule has 25 heavy (non-hydrogen) atoms. The first-order valence-corrected chi connectivity index (χ1v) is 8.67. The van der Waals surface area contributed by atoms with Gasteiger partial charge in [0.25, 0.3) is 0 Å². The number of aliphatic carboxylic acids is 1. The predicted octanol–water partition coefficient (Wildman–Crippen LogP) is 2.42. The van der Waals surface area contributed by atoms with Crippen LogP contribution in [0.4, 0.5) is 5.69 Å². The zero-order valence-corrected chi connectivity index (χ0v) is 14.1. The normalized spacial score (nSPS) is 15.4. The fourth-order valence-corrected chi connectivity index (χ4v) is 2.71. The number of carbonyl (C=O) groups excluding carboxylic acids is 2. The Labute approximate surface area is 149 Å². The van der Waals surface area contributed by atoms with Crippen LogP contribution in [0.5, 0.6) is 0 Å². The van der Waals surface area contributed by atoms with E-state index < -0.39 is 17.3 Å². The van der Waals surface area contributed by atoms with Crippen molar-refractivity contribution < 1.29 is 19.4 Å². The average Bonchev–Trinajstić information content (AvgIpc) is 2.92. The molecule has 0 aromatic heterocycles. The van der Waals surface area contributed by atoms with Crippen LogP contribution in [-0.4, -0.2) is 18.0 Å². The number of carboxylic acid groups (broad SMARTS) is 1. The molecule has 0 atom stereocenters. The quantitative estimate of drug-likeness (QED) is 0.506. The molecule has 2 aromatic carbocycles. The molecular formula is C19H14NO4S-. The number of allylic oxidation sites excluding steroid dienone is 1. The minimum Gasteiger partial charge on any atom is -0.544 e. The van der Waals surface area contributed by atoms with Gasteiger partial charge in [-0.05, 0) is 42.2 Å². The first kappa shape index (κ1) is 16.9. The zero-order chi connectivity index (χ0) is 17.8. The first-order valence-electron chi connectivity index (χ1n) is 7.44. The van der Waals surface area contributed by atoms with E-state index in [1.165, 1.54) is 6.08 Å². The summed E-state index contributed by atoms with van der Waals surface area (Å²) >= 11 is 1.60. The Morgan fingerprint density at radius 2 is 1.80 bits per heavy atom. The highest BCUT2D eigenvalue weighted by atomic mass is 32.2. The van der Waals surface area contributed by atoms with E-state index in [0.29, 0.717) is 5.69 Å². The summed E-state index contributed by atoms with van der Waals surface area (Å²) in [5.41, 5.74) is 0.824. The minimum atomic E-state index is -1.58. The summed E-state index contributed by atoms with van der Waals surface area (Å²) in [6.45, 7) is 0. The van der Waals surface area contributed by atoms with Crippen LogP contribution in [0, 0.1) is 0 Å². The predicted molar refractivity (Wildman–Crippen MR) is 94.4 cm³/mol. The number of Topliss-reactive ketones (excluding diaryl/α,β-unsaturated/α-hetero) is 1. The summed E-state index contributed by atoms with van der Waals surface area (Å²) in [5.74, 6) is -2.49. The van der Waals surface area contributed by atoms with E-state index in [1.54, 1.807) is 36.0 Å². The third-order valence-electron chi connectivity index (χ3n) is 3.54. The number of carbonyl (C=O) groups is 2. The van der Waals surface area contributed by atoms with E-state index >= 15 is 0 Å². The van der Waals surface area contributed by atoms with Gasteiger partial charge in [-0.1, -0.05) is 30.3 Å². The van der Waals surface area contributed by atoms with Crippen LogP contribution < -0.4 is 10.4 Å². The van der Waals surface area contributed by atoms with Crippen LogP contribution in [0.3, 0.4) is 0 Å². The molecule has 1 N–H and O–H groups in total. The molecule has 0 bridgehead atoms. The number of carboxylic acids is 1. The van der Waals surface area contributed by atoms with Crippen LogP contribution in [0.15, 0.2) is 76.7 Å². The Balaban J connectivity index is 1.89. The summed E-state index contributed by atoms with van der Waals surface area (Å²) in [7, 11) is 0. The summed E-state index contributed by atoms with van der Waals surface area (Å²) in [4.78, 5) is 24.8. The molecule has 2 aromatic rings. The molecule has 0 saturated carbocycles. The SMILES string of the molecule is CSc1ccc(/C=C2\OC(Nc3ccccc3)=C(C(=O)[O-])C2=O)cc1. The van der Waals surface area contributed by atoms with Crippen LogP contribution in [0.25, 0.3) is 6.08 Å². The molecule has 0 amide bonds. The van der Waals surface area contributed by atoms with E-state index in [4.69, 9.17) is 4.74 Å². The van der Waals surface area contributed by atoms with Crippen LogP contribution in [-0.2, 0) is 14.3 Å². The van der Waals surface area contributed by atoms with E-state index in [2.05, 4.69) is 5.32 Å². The number of para-hydroxylation sites is 1. The van der Waals surface area contributed by atoms with Gasteiger partial charge >= 0.3 is 0 Å². The van der Waals surface area contributed by atoms with Crippen LogP contribution >= 0.6 is 11.8 Å². The van der Waals surface area contributed by atoms with Gasteiger partial charge in [-0.3, -0.25) is 4.79 Å². The van der Waals surface area contributed by atoms with Crippen molar-refractivity contribution in [2.24, 2.45) is 0 Å². The number of nitrogens with one attached hydrogen (secondary N) is 1. The van der Waals surface area contributed by atoms with Crippen molar-refractivity contribution in [3.05, 3.63) is 77.4 Å². The largest absolute Gasteiger partial charge is 0.544 e. The molecule has 0 fully saturated rings. The third kappa shape index (κ3) is 3.75. The smallest absolute Gasteiger partial charge is 0.235 e. The molecule has 1 aliphatic heterocycles. The number of ketones is 1. The van der Waals surface area contributed by atoms with E-state index in [0.717, 1.165) is 10.5 Å². The lowest BCUT2D eigenvalue weighted by Crippen LogP contribution is -2.28. The monoisotopic (exact) mass is 352 g/mol. The Morgan fingerprint density at radius 1 is 1.12 bits per heavy atom. The van der Waals surface area contributed by atoms with Crippen molar-refractivity contribution in [3.8, 4) is 0 Å². The first-order chi connectivity index (χ1) is 12.1. The highest BCUT2D eigenvalue weighted by Crippen LogP contribution is 2.28. The Kier molecular flexibility index (Phi) is 4.90. The maximum absolute atomic E-state index is 12.4. The average molecular weight is 352 g/mol. The van der Waals surface area contributed by atoms with Crippen molar-refractivity contribution in [1.29, 1.82) is 0 Å². The second kappa shape index (κ2) is 7.27. The number of rotatable bonds is 5. The molecule has 0 saturated heterocycles. The van der Waals surface area contributed by atoms with Gasteiger partial charge in [-0.25, -0.2) is 0 Å². The number of hydrogen-bond donors (Lipinski definition) is 1. The Morgan fingerprint density at radius 3 is 2.40 bits per heavy atom. The maximum atomic E-state index is 12.4. The summed E-state index contributed by atoms with van der Waals surface area (Å²) in [5, 5.41) is 14.2. The fraction of sp³-hybridized carbons (Fsp3) is 0.0526. The zero-order valence-electron chi connectivity index (χ0n) is 13.3. The van der Waals surface area contributed by atoms with Gasteiger partial charge in [0.15, 0.2) is 5.76 Å². The summed E-state index contributed by atoms with van der Waals surface area (Å²) in [6.07, 6.45) is 3.48. The molecule has 5 nitrogen and oxygen atoms in total.